The predicted molar refractivity (Wildman–Crippen MR) is 197 cm³/mol. The van der Waals surface area contributed by atoms with E-state index in [1.54, 1.807) is 0 Å². The number of carbonyl (C=O) groups is 1. The van der Waals surface area contributed by atoms with Crippen molar-refractivity contribution in [3.05, 3.63) is 48.6 Å². The fourth-order valence-corrected chi connectivity index (χ4v) is 5.88. The summed E-state index contributed by atoms with van der Waals surface area (Å²) in [6.07, 6.45) is 25.2. The molecule has 1 aliphatic rings. The number of carbonyl (C=O) groups excluding carboxylic acids is 1. The maximum absolute atomic E-state index is 12.5. The highest BCUT2D eigenvalue weighted by atomic mass is 32.3. The van der Waals surface area contributed by atoms with Gasteiger partial charge < -0.3 is 34.3 Å². The smallest absolute Gasteiger partial charge is 0.397 e. The molecular weight excluding hydrogens is 680 g/mol. The lowest BCUT2D eigenvalue weighted by Gasteiger charge is -2.41. The van der Waals surface area contributed by atoms with Crippen LogP contribution >= 0.6 is 0 Å². The second kappa shape index (κ2) is 30.5. The summed E-state index contributed by atoms with van der Waals surface area (Å²) in [5.41, 5.74) is 0. The Hall–Kier alpha value is -1.94. The van der Waals surface area contributed by atoms with Crippen LogP contribution in [0.1, 0.15) is 123 Å². The third-order valence-corrected chi connectivity index (χ3v) is 8.68. The van der Waals surface area contributed by atoms with Gasteiger partial charge >= 0.3 is 16.4 Å². The Balaban J connectivity index is 2.35. The number of esters is 1. The number of allylic oxidation sites excluding steroid dienone is 8. The number of ether oxygens (including phenoxy) is 4. The number of unbranched alkanes of at least 4 members (excludes halogenated alkanes) is 10. The van der Waals surface area contributed by atoms with Gasteiger partial charge in [0.05, 0.1) is 19.8 Å². The van der Waals surface area contributed by atoms with Crippen LogP contribution in [0.4, 0.5) is 0 Å². The summed E-state index contributed by atoms with van der Waals surface area (Å²) < 4.78 is 58.4. The van der Waals surface area contributed by atoms with Crippen LogP contribution in [0, 0.1) is 0 Å². The lowest BCUT2D eigenvalue weighted by Crippen LogP contribution is -2.60. The molecule has 0 aromatic rings. The molecule has 0 amide bonds. The van der Waals surface area contributed by atoms with Gasteiger partial charge in [-0.1, -0.05) is 114 Å². The second-order valence-corrected chi connectivity index (χ2v) is 13.8. The van der Waals surface area contributed by atoms with E-state index in [9.17, 15) is 28.5 Å². The first-order valence-corrected chi connectivity index (χ1v) is 20.3. The molecule has 0 aliphatic carbocycles. The largest absolute Gasteiger partial charge is 0.457 e. The molecule has 1 aliphatic heterocycles. The summed E-state index contributed by atoms with van der Waals surface area (Å²) in [6.45, 7) is 3.68. The maximum atomic E-state index is 12.5. The zero-order chi connectivity index (χ0) is 37.6. The topological polar surface area (TPSA) is 178 Å². The third-order valence-electron chi connectivity index (χ3n) is 8.22. The van der Waals surface area contributed by atoms with E-state index in [4.69, 9.17) is 23.5 Å². The van der Waals surface area contributed by atoms with Crippen LogP contribution in [0.2, 0.25) is 0 Å². The molecule has 0 bridgehead atoms. The molecule has 0 radical (unpaired) electrons. The van der Waals surface area contributed by atoms with Gasteiger partial charge in [-0.05, 0) is 51.4 Å². The van der Waals surface area contributed by atoms with Crippen molar-refractivity contribution in [1.29, 1.82) is 0 Å². The van der Waals surface area contributed by atoms with Gasteiger partial charge in [-0.25, -0.2) is 4.18 Å². The van der Waals surface area contributed by atoms with E-state index in [2.05, 4.69) is 66.6 Å². The van der Waals surface area contributed by atoms with Crippen LogP contribution in [0.25, 0.3) is 0 Å². The SMILES string of the molecule is CC/C=C\C/C=C\C/C=C\C/C=C\CCCCCCCCCOCC(COC1OC(CO)C(O)C(OS(=O)(=O)O)C1O)OC(=O)CCCCCC. The summed E-state index contributed by atoms with van der Waals surface area (Å²) in [5, 5.41) is 30.4. The first kappa shape index (κ1) is 47.1. The number of hydrogen-bond donors (Lipinski definition) is 4. The standard InChI is InChI=1S/C38H66O12S/c1-3-5-7-9-10-11-12-13-14-15-16-17-18-19-20-21-22-23-24-26-28-46-30-32(48-34(40)27-25-8-6-4-2)31-47-38-36(42)37(50-51(43,44)45)35(41)33(29-39)49-38/h5,7,10-11,13-14,16-17,32-33,35-39,41-42H,3-4,6,8-9,12,15,18-31H2,1-2H3,(H,43,44,45)/b7-5-,11-10-,14-13-,17-16-. The highest BCUT2D eigenvalue weighted by molar-refractivity contribution is 7.80. The zero-order valence-corrected chi connectivity index (χ0v) is 31.7. The molecule has 1 saturated heterocycles. The molecular formula is C38H66O12S. The van der Waals surface area contributed by atoms with Crippen LogP contribution in [0.5, 0.6) is 0 Å². The van der Waals surface area contributed by atoms with E-state index < -0.39 is 59.8 Å². The first-order chi connectivity index (χ1) is 24.6. The Labute approximate surface area is 306 Å². The fraction of sp³-hybridized carbons (Fsp3) is 0.763. The van der Waals surface area contributed by atoms with Gasteiger partial charge in [-0.2, -0.15) is 8.42 Å². The van der Waals surface area contributed by atoms with E-state index in [1.807, 2.05) is 0 Å². The van der Waals surface area contributed by atoms with Crippen LogP contribution in [-0.2, 0) is 38.3 Å². The van der Waals surface area contributed by atoms with Gasteiger partial charge in [-0.15, -0.1) is 0 Å². The van der Waals surface area contributed by atoms with Crippen LogP contribution in [-0.4, -0.2) is 97.5 Å². The molecule has 1 rings (SSSR count). The molecule has 0 aromatic carbocycles. The Morgan fingerprint density at radius 1 is 0.765 bits per heavy atom. The van der Waals surface area contributed by atoms with Crippen molar-refractivity contribution in [1.82, 2.24) is 0 Å². The monoisotopic (exact) mass is 746 g/mol. The summed E-state index contributed by atoms with van der Waals surface area (Å²) in [6, 6.07) is 0. The van der Waals surface area contributed by atoms with Gasteiger partial charge in [0.15, 0.2) is 6.29 Å². The van der Waals surface area contributed by atoms with Crippen molar-refractivity contribution in [3.8, 4) is 0 Å². The van der Waals surface area contributed by atoms with E-state index in [0.717, 1.165) is 77.0 Å². The second-order valence-electron chi connectivity index (χ2n) is 12.8. The Bertz CT molecular complexity index is 1090. The molecule has 4 N–H and O–H groups in total. The molecule has 1 heterocycles. The number of aliphatic hydroxyl groups excluding tert-OH is 3. The molecule has 296 valence electrons. The highest BCUT2D eigenvalue weighted by Crippen LogP contribution is 2.26. The summed E-state index contributed by atoms with van der Waals surface area (Å²) in [5.74, 6) is -0.424. The van der Waals surface area contributed by atoms with E-state index in [-0.39, 0.29) is 19.6 Å². The fourth-order valence-electron chi connectivity index (χ4n) is 5.37. The zero-order valence-electron chi connectivity index (χ0n) is 30.9. The first-order valence-electron chi connectivity index (χ1n) is 18.9. The minimum atomic E-state index is -5.05. The summed E-state index contributed by atoms with van der Waals surface area (Å²) >= 11 is 0. The van der Waals surface area contributed by atoms with E-state index >= 15 is 0 Å². The van der Waals surface area contributed by atoms with Crippen molar-refractivity contribution >= 4 is 16.4 Å². The normalized spacial score (nSPS) is 22.2. The molecule has 0 spiro atoms. The summed E-state index contributed by atoms with van der Waals surface area (Å²) in [4.78, 5) is 12.5. The number of rotatable bonds is 31. The van der Waals surface area contributed by atoms with Crippen molar-refractivity contribution in [3.63, 3.8) is 0 Å². The molecule has 0 aromatic heterocycles. The third kappa shape index (κ3) is 24.8. The molecule has 6 unspecified atom stereocenters. The Morgan fingerprint density at radius 3 is 1.96 bits per heavy atom. The molecule has 0 saturated carbocycles. The van der Waals surface area contributed by atoms with Crippen molar-refractivity contribution in [2.45, 2.75) is 160 Å². The van der Waals surface area contributed by atoms with E-state index in [0.29, 0.717) is 13.0 Å². The Morgan fingerprint density at radius 2 is 1.35 bits per heavy atom. The molecule has 51 heavy (non-hydrogen) atoms. The molecule has 1 fully saturated rings. The van der Waals surface area contributed by atoms with Crippen molar-refractivity contribution in [2.75, 3.05) is 26.4 Å². The van der Waals surface area contributed by atoms with Crippen LogP contribution in [0.15, 0.2) is 48.6 Å². The lowest BCUT2D eigenvalue weighted by molar-refractivity contribution is -0.301. The van der Waals surface area contributed by atoms with Gasteiger partial charge in [0.1, 0.15) is 30.5 Å². The van der Waals surface area contributed by atoms with Crippen molar-refractivity contribution in [2.24, 2.45) is 0 Å². The molecule has 6 atom stereocenters. The van der Waals surface area contributed by atoms with Gasteiger partial charge in [0.25, 0.3) is 0 Å². The number of hydrogen-bond acceptors (Lipinski definition) is 11. The quantitative estimate of drug-likeness (QED) is 0.0264. The average molecular weight is 747 g/mol. The van der Waals surface area contributed by atoms with Crippen molar-refractivity contribution < 1.29 is 56.2 Å². The summed E-state index contributed by atoms with van der Waals surface area (Å²) in [7, 11) is -5.05. The Kier molecular flexibility index (Phi) is 28.2. The minimum Gasteiger partial charge on any atom is -0.457 e. The van der Waals surface area contributed by atoms with Crippen LogP contribution < -0.4 is 0 Å². The van der Waals surface area contributed by atoms with Gasteiger partial charge in [-0.3, -0.25) is 9.35 Å². The van der Waals surface area contributed by atoms with Gasteiger partial charge in [0.2, 0.25) is 0 Å². The molecule has 13 heteroatoms. The minimum absolute atomic E-state index is 0.0256. The van der Waals surface area contributed by atoms with Crippen LogP contribution in [0.3, 0.4) is 0 Å². The average Bonchev–Trinajstić information content (AvgIpc) is 3.09. The van der Waals surface area contributed by atoms with Gasteiger partial charge in [0, 0.05) is 13.0 Å². The maximum Gasteiger partial charge on any atom is 0.397 e. The predicted octanol–water partition coefficient (Wildman–Crippen LogP) is 6.45. The lowest BCUT2D eigenvalue weighted by atomic mass is 9.99. The number of aliphatic hydroxyl groups is 3. The van der Waals surface area contributed by atoms with E-state index in [1.165, 1.54) is 19.3 Å². The highest BCUT2D eigenvalue weighted by Gasteiger charge is 2.48. The molecule has 12 nitrogen and oxygen atoms in total.